The van der Waals surface area contributed by atoms with Crippen LogP contribution in [0.15, 0.2) is 24.4 Å². The largest absolute Gasteiger partial charge is 0.464 e. The monoisotopic (exact) mass is 352 g/mol. The SMILES string of the molecule is COC(=O)c1ccc2c(n1)N(Cc1cnc(Cl)cc1Cl)C(C)N2. The van der Waals surface area contributed by atoms with Gasteiger partial charge in [-0.2, -0.15) is 0 Å². The highest BCUT2D eigenvalue weighted by Gasteiger charge is 2.28. The Balaban J connectivity index is 1.94. The number of halogens is 2. The smallest absolute Gasteiger partial charge is 0.356 e. The number of esters is 1. The van der Waals surface area contributed by atoms with Crippen molar-refractivity contribution in [3.05, 3.63) is 45.8 Å². The van der Waals surface area contributed by atoms with E-state index in [1.165, 1.54) is 7.11 Å². The molecule has 0 aliphatic carbocycles. The highest BCUT2D eigenvalue weighted by atomic mass is 35.5. The summed E-state index contributed by atoms with van der Waals surface area (Å²) < 4.78 is 4.72. The Labute approximate surface area is 143 Å². The molecule has 1 atom stereocenters. The van der Waals surface area contributed by atoms with Crippen molar-refractivity contribution in [2.75, 3.05) is 17.3 Å². The number of nitrogens with one attached hydrogen (secondary N) is 1. The number of rotatable bonds is 3. The first-order chi connectivity index (χ1) is 11.0. The predicted molar refractivity (Wildman–Crippen MR) is 89.1 cm³/mol. The summed E-state index contributed by atoms with van der Waals surface area (Å²) in [7, 11) is 1.33. The van der Waals surface area contributed by atoms with Gasteiger partial charge in [-0.25, -0.2) is 14.8 Å². The number of carbonyl (C=O) groups excluding carboxylic acids is 1. The van der Waals surface area contributed by atoms with Crippen molar-refractivity contribution >= 4 is 40.7 Å². The molecule has 6 nitrogen and oxygen atoms in total. The van der Waals surface area contributed by atoms with Crippen LogP contribution in [-0.4, -0.2) is 29.2 Å². The normalized spacial score (nSPS) is 16.0. The highest BCUT2D eigenvalue weighted by molar-refractivity contribution is 6.34. The van der Waals surface area contributed by atoms with Crippen LogP contribution in [0.5, 0.6) is 0 Å². The summed E-state index contributed by atoms with van der Waals surface area (Å²) in [6.45, 7) is 2.48. The zero-order valence-corrected chi connectivity index (χ0v) is 14.0. The maximum absolute atomic E-state index is 11.7. The third-order valence-electron chi connectivity index (χ3n) is 3.61. The van der Waals surface area contributed by atoms with Gasteiger partial charge in [0, 0.05) is 18.3 Å². The number of anilines is 2. The molecule has 0 saturated heterocycles. The fourth-order valence-corrected chi connectivity index (χ4v) is 2.86. The molecule has 1 unspecified atom stereocenters. The Morgan fingerprint density at radius 1 is 1.43 bits per heavy atom. The topological polar surface area (TPSA) is 67.3 Å². The Morgan fingerprint density at radius 2 is 2.22 bits per heavy atom. The highest BCUT2D eigenvalue weighted by Crippen LogP contribution is 2.35. The van der Waals surface area contributed by atoms with E-state index >= 15 is 0 Å². The van der Waals surface area contributed by atoms with Crippen LogP contribution in [0.2, 0.25) is 10.2 Å². The quantitative estimate of drug-likeness (QED) is 0.674. The lowest BCUT2D eigenvalue weighted by molar-refractivity contribution is 0.0594. The standard InChI is InChI=1S/C15H14Cl2N4O2/c1-8-19-11-3-4-12(15(22)23-2)20-14(11)21(8)7-9-6-18-13(17)5-10(9)16/h3-6,8,19H,7H2,1-2H3. The van der Waals surface area contributed by atoms with E-state index in [1.807, 2.05) is 17.9 Å². The molecule has 8 heteroatoms. The molecule has 0 amide bonds. The molecule has 120 valence electrons. The summed E-state index contributed by atoms with van der Waals surface area (Å²) in [5.74, 6) is 0.199. The van der Waals surface area contributed by atoms with Crippen molar-refractivity contribution in [3.63, 3.8) is 0 Å². The first-order valence-electron chi connectivity index (χ1n) is 6.92. The van der Waals surface area contributed by atoms with Crippen LogP contribution in [0.25, 0.3) is 0 Å². The zero-order valence-electron chi connectivity index (χ0n) is 12.5. The number of fused-ring (bicyclic) bond motifs is 1. The number of nitrogens with zero attached hydrogens (tertiary/aromatic N) is 3. The summed E-state index contributed by atoms with van der Waals surface area (Å²) in [5.41, 5.74) is 1.93. The second-order valence-corrected chi connectivity index (χ2v) is 5.90. The van der Waals surface area contributed by atoms with Crippen molar-refractivity contribution in [1.29, 1.82) is 0 Å². The Bertz CT molecular complexity index is 769. The van der Waals surface area contributed by atoms with Gasteiger partial charge in [0.25, 0.3) is 0 Å². The summed E-state index contributed by atoms with van der Waals surface area (Å²) in [6.07, 6.45) is 1.64. The molecule has 0 aromatic carbocycles. The molecule has 1 aliphatic rings. The van der Waals surface area contributed by atoms with E-state index in [0.717, 1.165) is 11.3 Å². The van der Waals surface area contributed by atoms with E-state index in [1.54, 1.807) is 18.3 Å². The minimum absolute atomic E-state index is 0.00265. The number of ether oxygens (including phenoxy) is 1. The lowest BCUT2D eigenvalue weighted by Gasteiger charge is -2.23. The lowest BCUT2D eigenvalue weighted by atomic mass is 10.2. The fraction of sp³-hybridized carbons (Fsp3) is 0.267. The van der Waals surface area contributed by atoms with Crippen LogP contribution in [0.3, 0.4) is 0 Å². The summed E-state index contributed by atoms with van der Waals surface area (Å²) in [5, 5.41) is 4.19. The van der Waals surface area contributed by atoms with Gasteiger partial charge in [0.1, 0.15) is 5.15 Å². The van der Waals surface area contributed by atoms with Crippen molar-refractivity contribution in [2.24, 2.45) is 0 Å². The minimum Gasteiger partial charge on any atom is -0.464 e. The molecule has 3 heterocycles. The number of hydrogen-bond donors (Lipinski definition) is 1. The molecule has 1 N–H and O–H groups in total. The molecular weight excluding hydrogens is 339 g/mol. The van der Waals surface area contributed by atoms with Gasteiger partial charge in [0.15, 0.2) is 11.5 Å². The van der Waals surface area contributed by atoms with Crippen LogP contribution in [0, 0.1) is 0 Å². The van der Waals surface area contributed by atoms with Crippen molar-refractivity contribution in [1.82, 2.24) is 9.97 Å². The molecule has 0 radical (unpaired) electrons. The maximum atomic E-state index is 11.7. The molecule has 23 heavy (non-hydrogen) atoms. The molecule has 0 saturated carbocycles. The number of hydrogen-bond acceptors (Lipinski definition) is 6. The van der Waals surface area contributed by atoms with E-state index in [0.29, 0.717) is 22.5 Å². The zero-order chi connectivity index (χ0) is 16.6. The molecule has 1 aliphatic heterocycles. The molecule has 0 bridgehead atoms. The third-order valence-corrected chi connectivity index (χ3v) is 4.17. The molecular formula is C15H14Cl2N4O2. The van der Waals surface area contributed by atoms with Crippen LogP contribution < -0.4 is 10.2 Å². The number of methoxy groups -OCH3 is 1. The first-order valence-corrected chi connectivity index (χ1v) is 7.67. The van der Waals surface area contributed by atoms with Gasteiger partial charge in [-0.15, -0.1) is 0 Å². The Hall–Kier alpha value is -2.05. The van der Waals surface area contributed by atoms with E-state index in [2.05, 4.69) is 15.3 Å². The van der Waals surface area contributed by atoms with Gasteiger partial charge in [0.05, 0.1) is 24.0 Å². The van der Waals surface area contributed by atoms with Crippen molar-refractivity contribution in [3.8, 4) is 0 Å². The average molecular weight is 353 g/mol. The number of carbonyl (C=O) groups is 1. The molecule has 0 fully saturated rings. The van der Waals surface area contributed by atoms with E-state index < -0.39 is 5.97 Å². The molecule has 3 rings (SSSR count). The summed E-state index contributed by atoms with van der Waals surface area (Å²) in [6, 6.07) is 5.04. The van der Waals surface area contributed by atoms with E-state index in [9.17, 15) is 4.79 Å². The van der Waals surface area contributed by atoms with Gasteiger partial charge >= 0.3 is 5.97 Å². The molecule has 2 aromatic heterocycles. The van der Waals surface area contributed by atoms with Crippen molar-refractivity contribution in [2.45, 2.75) is 19.6 Å². The third kappa shape index (κ3) is 3.04. The second-order valence-electron chi connectivity index (χ2n) is 5.11. The Morgan fingerprint density at radius 3 is 2.91 bits per heavy atom. The van der Waals surface area contributed by atoms with Gasteiger partial charge in [0.2, 0.25) is 0 Å². The van der Waals surface area contributed by atoms with Crippen LogP contribution in [-0.2, 0) is 11.3 Å². The summed E-state index contributed by atoms with van der Waals surface area (Å²) in [4.78, 5) is 22.1. The number of aromatic nitrogens is 2. The van der Waals surface area contributed by atoms with Gasteiger partial charge < -0.3 is 15.0 Å². The number of pyridine rings is 2. The van der Waals surface area contributed by atoms with E-state index in [-0.39, 0.29) is 11.9 Å². The van der Waals surface area contributed by atoms with Crippen molar-refractivity contribution < 1.29 is 9.53 Å². The van der Waals surface area contributed by atoms with E-state index in [4.69, 9.17) is 27.9 Å². The van der Waals surface area contributed by atoms with Crippen LogP contribution in [0.1, 0.15) is 23.0 Å². The minimum atomic E-state index is -0.474. The maximum Gasteiger partial charge on any atom is 0.356 e. The van der Waals surface area contributed by atoms with Gasteiger partial charge in [-0.1, -0.05) is 23.2 Å². The van der Waals surface area contributed by atoms with Gasteiger partial charge in [-0.3, -0.25) is 0 Å². The lowest BCUT2D eigenvalue weighted by Crippen LogP contribution is -2.32. The predicted octanol–water partition coefficient (Wildman–Crippen LogP) is 3.35. The first kappa shape index (κ1) is 15.8. The summed E-state index contributed by atoms with van der Waals surface area (Å²) >= 11 is 12.1. The van der Waals surface area contributed by atoms with Crippen LogP contribution in [0.4, 0.5) is 11.5 Å². The average Bonchev–Trinajstić information content (AvgIpc) is 2.84. The second kappa shape index (κ2) is 6.22. The van der Waals surface area contributed by atoms with Crippen LogP contribution >= 0.6 is 23.2 Å². The van der Waals surface area contributed by atoms with Gasteiger partial charge in [-0.05, 0) is 25.1 Å². The molecule has 2 aromatic rings. The Kier molecular flexibility index (Phi) is 4.28. The fourth-order valence-electron chi connectivity index (χ4n) is 2.43. The molecule has 0 spiro atoms.